The fourth-order valence-corrected chi connectivity index (χ4v) is 4.76. The summed E-state index contributed by atoms with van der Waals surface area (Å²) in [6, 6.07) is 4.90. The molecule has 0 bridgehead atoms. The number of sulfone groups is 1. The molecular weight excluding hydrogens is 486 g/mol. The molecule has 3 aromatic heterocycles. The highest BCUT2D eigenvalue weighted by Crippen LogP contribution is 2.39. The molecule has 4 aromatic rings. The van der Waals surface area contributed by atoms with E-state index in [0.29, 0.717) is 0 Å². The van der Waals surface area contributed by atoms with Gasteiger partial charge in [0.05, 0.1) is 16.8 Å². The summed E-state index contributed by atoms with van der Waals surface area (Å²) in [5, 5.41) is 16.9. The topological polar surface area (TPSA) is 155 Å². The van der Waals surface area contributed by atoms with Crippen LogP contribution in [-0.2, 0) is 16.9 Å². The Bertz CT molecular complexity index is 1530. The number of ether oxygens (including phenoxy) is 1. The highest BCUT2D eigenvalue weighted by atomic mass is 32.2. The Labute approximate surface area is 197 Å². The number of benzene rings is 1. The van der Waals surface area contributed by atoms with Crippen LogP contribution in [-0.4, -0.2) is 62.3 Å². The van der Waals surface area contributed by atoms with Crippen molar-refractivity contribution in [3.8, 4) is 28.3 Å². The summed E-state index contributed by atoms with van der Waals surface area (Å²) in [4.78, 5) is 16.2. The molecule has 0 aliphatic carbocycles. The summed E-state index contributed by atoms with van der Waals surface area (Å²) in [5.74, 6) is -1.18. The summed E-state index contributed by atoms with van der Waals surface area (Å²) in [5.41, 5.74) is 5.93. The van der Waals surface area contributed by atoms with E-state index in [4.69, 9.17) is 5.73 Å². The van der Waals surface area contributed by atoms with Gasteiger partial charge in [-0.3, -0.25) is 9.48 Å². The van der Waals surface area contributed by atoms with Crippen molar-refractivity contribution >= 4 is 21.4 Å². The molecule has 184 valence electrons. The number of carbonyl (C=O) groups is 1. The van der Waals surface area contributed by atoms with Crippen LogP contribution in [0.5, 0.6) is 5.75 Å². The number of nitrogens with two attached hydrogens (primary N) is 1. The minimum atomic E-state index is -4.01. The van der Waals surface area contributed by atoms with Crippen molar-refractivity contribution in [2.75, 3.05) is 6.61 Å². The maximum absolute atomic E-state index is 13.2. The smallest absolute Gasteiger partial charge is 0.387 e. The van der Waals surface area contributed by atoms with E-state index in [1.165, 1.54) is 28.5 Å². The summed E-state index contributed by atoms with van der Waals surface area (Å²) < 4.78 is 59.4. The molecule has 1 atom stereocenters. The number of halogens is 2. The Balaban J connectivity index is 2.01. The van der Waals surface area contributed by atoms with E-state index in [0.717, 1.165) is 18.2 Å². The van der Waals surface area contributed by atoms with E-state index in [-0.39, 0.29) is 44.4 Å². The van der Waals surface area contributed by atoms with Gasteiger partial charge in [0, 0.05) is 36.8 Å². The number of rotatable bonds is 8. The van der Waals surface area contributed by atoms with Crippen LogP contribution in [0.2, 0.25) is 0 Å². The van der Waals surface area contributed by atoms with Crippen molar-refractivity contribution in [1.82, 2.24) is 24.4 Å². The molecule has 0 fully saturated rings. The average Bonchev–Trinajstić information content (AvgIpc) is 3.38. The number of nitrogens with zero attached hydrogens (tertiary/aromatic N) is 5. The van der Waals surface area contributed by atoms with Crippen molar-refractivity contribution in [3.63, 3.8) is 0 Å². The lowest BCUT2D eigenvalue weighted by Gasteiger charge is -2.15. The van der Waals surface area contributed by atoms with Gasteiger partial charge in [0.1, 0.15) is 22.7 Å². The Morgan fingerprint density at radius 1 is 1.23 bits per heavy atom. The zero-order valence-electron chi connectivity index (χ0n) is 18.5. The Hall–Kier alpha value is -3.91. The zero-order chi connectivity index (χ0) is 25.5. The number of aryl methyl sites for hydroxylation is 1. The lowest BCUT2D eigenvalue weighted by molar-refractivity contribution is -0.0494. The van der Waals surface area contributed by atoms with E-state index in [9.17, 15) is 27.1 Å². The normalized spacial score (nSPS) is 12.9. The van der Waals surface area contributed by atoms with E-state index >= 15 is 0 Å². The maximum Gasteiger partial charge on any atom is 0.387 e. The number of aromatic nitrogens is 5. The summed E-state index contributed by atoms with van der Waals surface area (Å²) in [7, 11) is -2.46. The molecule has 14 heteroatoms. The van der Waals surface area contributed by atoms with Gasteiger partial charge in [-0.2, -0.15) is 19.0 Å². The van der Waals surface area contributed by atoms with Crippen LogP contribution in [0.25, 0.3) is 28.2 Å². The minimum Gasteiger partial charge on any atom is -0.434 e. The SMILES string of the molecule is CC(CO)S(=O)(=O)c1ccc(OC(F)F)c(-c2nn(C)cc2-c2nn3cccnc3c2C(N)=O)c1. The highest BCUT2D eigenvalue weighted by molar-refractivity contribution is 7.92. The first-order valence-corrected chi connectivity index (χ1v) is 11.7. The second-order valence-corrected chi connectivity index (χ2v) is 9.98. The predicted octanol–water partition coefficient (Wildman–Crippen LogP) is 1.65. The monoisotopic (exact) mass is 506 g/mol. The molecule has 3 N–H and O–H groups in total. The standard InChI is InChI=1S/C21H20F2N6O5S/c1-11(10-30)35(32,33)12-4-5-15(34-21(22)23)13(8-12)17-14(9-28(2)26-17)18-16(19(24)31)20-25-6-3-7-29(20)27-18/h3-9,11,21,30H,10H2,1-2H3,(H2,24,31). The molecule has 0 radical (unpaired) electrons. The third-order valence-electron chi connectivity index (χ3n) is 5.26. The highest BCUT2D eigenvalue weighted by Gasteiger charge is 2.29. The zero-order valence-corrected chi connectivity index (χ0v) is 19.3. The quantitative estimate of drug-likeness (QED) is 0.366. The van der Waals surface area contributed by atoms with Crippen LogP contribution in [0.15, 0.2) is 47.8 Å². The Kier molecular flexibility index (Phi) is 6.25. The second-order valence-electron chi connectivity index (χ2n) is 7.62. The third kappa shape index (κ3) is 4.33. The number of carbonyl (C=O) groups excluding carboxylic acids is 1. The molecule has 3 heterocycles. The predicted molar refractivity (Wildman–Crippen MR) is 120 cm³/mol. The largest absolute Gasteiger partial charge is 0.434 e. The summed E-state index contributed by atoms with van der Waals surface area (Å²) >= 11 is 0. The molecule has 35 heavy (non-hydrogen) atoms. The molecule has 1 amide bonds. The van der Waals surface area contributed by atoms with Gasteiger partial charge in [-0.05, 0) is 31.2 Å². The van der Waals surface area contributed by atoms with Crippen molar-refractivity contribution < 1.29 is 31.8 Å². The van der Waals surface area contributed by atoms with Crippen LogP contribution in [0.4, 0.5) is 8.78 Å². The second kappa shape index (κ2) is 9.03. The van der Waals surface area contributed by atoms with Gasteiger partial charge in [-0.25, -0.2) is 17.9 Å². The molecule has 11 nitrogen and oxygen atoms in total. The van der Waals surface area contributed by atoms with Crippen LogP contribution < -0.4 is 10.5 Å². The number of alkyl halides is 2. The number of hydrogen-bond acceptors (Lipinski definition) is 8. The first kappa shape index (κ1) is 24.2. The molecule has 0 aliphatic heterocycles. The number of fused-ring (bicyclic) bond motifs is 1. The van der Waals surface area contributed by atoms with Gasteiger partial charge in [-0.1, -0.05) is 0 Å². The number of aliphatic hydroxyl groups is 1. The molecule has 0 saturated carbocycles. The van der Waals surface area contributed by atoms with E-state index < -0.39 is 34.2 Å². The Morgan fingerprint density at radius 3 is 2.63 bits per heavy atom. The lowest BCUT2D eigenvalue weighted by atomic mass is 10.0. The van der Waals surface area contributed by atoms with Crippen LogP contribution in [0.3, 0.4) is 0 Å². The van der Waals surface area contributed by atoms with Crippen molar-refractivity contribution in [2.45, 2.75) is 23.7 Å². The first-order valence-electron chi connectivity index (χ1n) is 10.2. The molecule has 0 aliphatic rings. The number of amides is 1. The lowest BCUT2D eigenvalue weighted by Crippen LogP contribution is -2.21. The maximum atomic E-state index is 13.2. The van der Waals surface area contributed by atoms with Crippen LogP contribution in [0, 0.1) is 0 Å². The van der Waals surface area contributed by atoms with Gasteiger partial charge in [0.25, 0.3) is 5.91 Å². The summed E-state index contributed by atoms with van der Waals surface area (Å²) in [6.07, 6.45) is 4.47. The fraction of sp³-hybridized carbons (Fsp3) is 0.238. The molecule has 1 unspecified atom stereocenters. The van der Waals surface area contributed by atoms with Gasteiger partial charge in [-0.15, -0.1) is 0 Å². The van der Waals surface area contributed by atoms with Gasteiger partial charge >= 0.3 is 6.61 Å². The minimum absolute atomic E-state index is 0.0164. The van der Waals surface area contributed by atoms with Crippen molar-refractivity contribution in [2.24, 2.45) is 12.8 Å². The van der Waals surface area contributed by atoms with E-state index in [1.54, 1.807) is 19.3 Å². The number of hydrogen-bond donors (Lipinski definition) is 2. The van der Waals surface area contributed by atoms with Gasteiger partial charge in [0.2, 0.25) is 0 Å². The number of primary amides is 1. The van der Waals surface area contributed by atoms with E-state index in [2.05, 4.69) is 19.9 Å². The summed E-state index contributed by atoms with van der Waals surface area (Å²) in [6.45, 7) is -2.54. The third-order valence-corrected chi connectivity index (χ3v) is 7.38. The fourth-order valence-electron chi connectivity index (χ4n) is 3.56. The Morgan fingerprint density at radius 2 is 1.97 bits per heavy atom. The van der Waals surface area contributed by atoms with E-state index in [1.807, 2.05) is 0 Å². The van der Waals surface area contributed by atoms with Crippen molar-refractivity contribution in [3.05, 3.63) is 48.4 Å². The molecule has 4 rings (SSSR count). The molecule has 0 saturated heterocycles. The average molecular weight is 506 g/mol. The van der Waals surface area contributed by atoms with Crippen LogP contribution in [0.1, 0.15) is 17.3 Å². The molecule has 1 aromatic carbocycles. The van der Waals surface area contributed by atoms with Crippen LogP contribution >= 0.6 is 0 Å². The van der Waals surface area contributed by atoms with Crippen molar-refractivity contribution in [1.29, 1.82) is 0 Å². The molecule has 0 spiro atoms. The number of aliphatic hydroxyl groups excluding tert-OH is 1. The molecular formula is C21H20F2N6O5S. The first-order chi connectivity index (χ1) is 16.5. The van der Waals surface area contributed by atoms with Gasteiger partial charge < -0.3 is 15.6 Å². The van der Waals surface area contributed by atoms with Gasteiger partial charge in [0.15, 0.2) is 15.5 Å².